The second-order valence-corrected chi connectivity index (χ2v) is 6.37. The van der Waals surface area contributed by atoms with Crippen molar-refractivity contribution < 1.29 is 9.53 Å². The maximum Gasteiger partial charge on any atom is 0.167 e. The molecule has 0 N–H and O–H groups in total. The fourth-order valence-electron chi connectivity index (χ4n) is 2.33. The third kappa shape index (κ3) is 4.85. The van der Waals surface area contributed by atoms with Crippen molar-refractivity contribution in [2.45, 2.75) is 46.5 Å². The van der Waals surface area contributed by atoms with Crippen molar-refractivity contribution >= 4 is 5.78 Å². The molecular weight excluding hydrogens is 262 g/mol. The summed E-state index contributed by atoms with van der Waals surface area (Å²) < 4.78 is 5.36. The Balaban J connectivity index is 2.96. The van der Waals surface area contributed by atoms with E-state index in [2.05, 4.69) is 39.5 Å². The van der Waals surface area contributed by atoms with E-state index in [0.717, 1.165) is 25.2 Å². The molecule has 3 heteroatoms. The zero-order valence-electron chi connectivity index (χ0n) is 14.3. The van der Waals surface area contributed by atoms with Gasteiger partial charge in [0.25, 0.3) is 0 Å². The van der Waals surface area contributed by atoms with Crippen molar-refractivity contribution in [2.24, 2.45) is 0 Å². The molecule has 0 aromatic heterocycles. The van der Waals surface area contributed by atoms with Crippen LogP contribution in [-0.4, -0.2) is 37.4 Å². The van der Waals surface area contributed by atoms with Gasteiger partial charge in [0.05, 0.1) is 12.7 Å². The van der Waals surface area contributed by atoms with Gasteiger partial charge in [-0.1, -0.05) is 40.7 Å². The summed E-state index contributed by atoms with van der Waals surface area (Å²) in [5, 5.41) is 0. The van der Waals surface area contributed by atoms with Gasteiger partial charge in [0.15, 0.2) is 5.78 Å². The number of carbonyl (C=O) groups excluding carboxylic acids is 1. The van der Waals surface area contributed by atoms with Crippen molar-refractivity contribution in [1.29, 1.82) is 0 Å². The Labute approximate surface area is 129 Å². The second kappa shape index (κ2) is 7.60. The number of hydrogen-bond acceptors (Lipinski definition) is 3. The Kier molecular flexibility index (Phi) is 6.41. The highest BCUT2D eigenvalue weighted by Gasteiger charge is 2.19. The van der Waals surface area contributed by atoms with E-state index in [0.29, 0.717) is 17.7 Å². The Morgan fingerprint density at radius 2 is 1.81 bits per heavy atom. The number of nitrogens with zero attached hydrogens (tertiary/aromatic N) is 1. The van der Waals surface area contributed by atoms with Gasteiger partial charge in [-0.3, -0.25) is 4.79 Å². The van der Waals surface area contributed by atoms with E-state index in [-0.39, 0.29) is 11.2 Å². The summed E-state index contributed by atoms with van der Waals surface area (Å²) in [6.45, 7) is 13.4. The number of rotatable bonds is 7. The molecule has 0 bridgehead atoms. The summed E-state index contributed by atoms with van der Waals surface area (Å²) in [7, 11) is 1.62. The Hall–Kier alpha value is -1.35. The summed E-state index contributed by atoms with van der Waals surface area (Å²) in [6, 6.07) is 5.94. The molecule has 0 radical (unpaired) electrons. The lowest BCUT2D eigenvalue weighted by Crippen LogP contribution is -2.26. The van der Waals surface area contributed by atoms with Crippen LogP contribution in [0.1, 0.15) is 57.0 Å². The van der Waals surface area contributed by atoms with Crippen LogP contribution in [0.2, 0.25) is 0 Å². The van der Waals surface area contributed by atoms with Crippen LogP contribution in [0.25, 0.3) is 0 Å². The maximum absolute atomic E-state index is 12.5. The van der Waals surface area contributed by atoms with Crippen LogP contribution in [0, 0.1) is 0 Å². The van der Waals surface area contributed by atoms with E-state index >= 15 is 0 Å². The average Bonchev–Trinajstić information content (AvgIpc) is 2.46. The molecule has 0 fully saturated rings. The SMILES string of the molecule is CCN(CC)CCC(=O)c1cc(C(C)(C)C)ccc1OC. The number of hydrogen-bond donors (Lipinski definition) is 0. The van der Waals surface area contributed by atoms with Crippen molar-refractivity contribution in [3.63, 3.8) is 0 Å². The van der Waals surface area contributed by atoms with Gasteiger partial charge < -0.3 is 9.64 Å². The second-order valence-electron chi connectivity index (χ2n) is 6.37. The monoisotopic (exact) mass is 291 g/mol. The van der Waals surface area contributed by atoms with Crippen LogP contribution in [0.5, 0.6) is 5.75 Å². The van der Waals surface area contributed by atoms with Crippen LogP contribution in [0.4, 0.5) is 0 Å². The van der Waals surface area contributed by atoms with Crippen LogP contribution in [0.3, 0.4) is 0 Å². The van der Waals surface area contributed by atoms with Crippen LogP contribution < -0.4 is 4.74 Å². The van der Waals surface area contributed by atoms with Crippen molar-refractivity contribution in [3.05, 3.63) is 29.3 Å². The third-order valence-electron chi connectivity index (χ3n) is 3.92. The van der Waals surface area contributed by atoms with E-state index in [1.807, 2.05) is 18.2 Å². The first-order chi connectivity index (χ1) is 9.83. The fourth-order valence-corrected chi connectivity index (χ4v) is 2.33. The summed E-state index contributed by atoms with van der Waals surface area (Å²) in [6.07, 6.45) is 0.533. The molecule has 0 aliphatic carbocycles. The molecule has 21 heavy (non-hydrogen) atoms. The molecule has 1 aromatic rings. The normalized spacial score (nSPS) is 11.8. The molecule has 1 aromatic carbocycles. The topological polar surface area (TPSA) is 29.5 Å². The molecule has 0 atom stereocenters. The van der Waals surface area contributed by atoms with Crippen molar-refractivity contribution in [2.75, 3.05) is 26.7 Å². The first-order valence-corrected chi connectivity index (χ1v) is 7.77. The zero-order valence-corrected chi connectivity index (χ0v) is 14.3. The standard InChI is InChI=1S/C18H29NO2/c1-7-19(8-2)12-11-16(20)15-13-14(18(3,4)5)9-10-17(15)21-6/h9-10,13H,7-8,11-12H2,1-6H3. The Morgan fingerprint density at radius 1 is 1.19 bits per heavy atom. The summed E-state index contributed by atoms with van der Waals surface area (Å²) >= 11 is 0. The highest BCUT2D eigenvalue weighted by Crippen LogP contribution is 2.28. The van der Waals surface area contributed by atoms with Crippen LogP contribution >= 0.6 is 0 Å². The van der Waals surface area contributed by atoms with Gasteiger partial charge in [-0.05, 0) is 36.2 Å². The number of benzene rings is 1. The first-order valence-electron chi connectivity index (χ1n) is 7.77. The number of methoxy groups -OCH3 is 1. The molecule has 0 spiro atoms. The van der Waals surface area contributed by atoms with E-state index in [1.165, 1.54) is 0 Å². The first kappa shape index (κ1) is 17.7. The van der Waals surface area contributed by atoms with Gasteiger partial charge in [0, 0.05) is 13.0 Å². The Bertz CT molecular complexity index is 471. The van der Waals surface area contributed by atoms with Gasteiger partial charge >= 0.3 is 0 Å². The fraction of sp³-hybridized carbons (Fsp3) is 0.611. The molecule has 3 nitrogen and oxygen atoms in total. The largest absolute Gasteiger partial charge is 0.496 e. The highest BCUT2D eigenvalue weighted by atomic mass is 16.5. The molecular formula is C18H29NO2. The van der Waals surface area contributed by atoms with E-state index in [4.69, 9.17) is 4.74 Å². The zero-order chi connectivity index (χ0) is 16.0. The predicted molar refractivity (Wildman–Crippen MR) is 88.4 cm³/mol. The van der Waals surface area contributed by atoms with Crippen LogP contribution in [0.15, 0.2) is 18.2 Å². The number of ketones is 1. The quantitative estimate of drug-likeness (QED) is 0.713. The minimum Gasteiger partial charge on any atom is -0.496 e. The van der Waals surface area contributed by atoms with Crippen molar-refractivity contribution in [1.82, 2.24) is 4.90 Å². The molecule has 1 rings (SSSR count). The lowest BCUT2D eigenvalue weighted by atomic mass is 9.85. The molecule has 0 saturated carbocycles. The highest BCUT2D eigenvalue weighted by molar-refractivity contribution is 5.99. The molecule has 0 saturated heterocycles. The lowest BCUT2D eigenvalue weighted by molar-refractivity contribution is 0.0963. The summed E-state index contributed by atoms with van der Waals surface area (Å²) in [4.78, 5) is 14.8. The van der Waals surface area contributed by atoms with E-state index in [1.54, 1.807) is 7.11 Å². The average molecular weight is 291 g/mol. The van der Waals surface area contributed by atoms with E-state index < -0.39 is 0 Å². The van der Waals surface area contributed by atoms with Gasteiger partial charge in [-0.15, -0.1) is 0 Å². The number of Topliss-reactive ketones (excluding diaryl/α,β-unsaturated/α-hetero) is 1. The summed E-state index contributed by atoms with van der Waals surface area (Å²) in [5.74, 6) is 0.831. The maximum atomic E-state index is 12.5. The number of carbonyl (C=O) groups is 1. The molecule has 0 unspecified atom stereocenters. The number of ether oxygens (including phenoxy) is 1. The van der Waals surface area contributed by atoms with Gasteiger partial charge in [0.2, 0.25) is 0 Å². The van der Waals surface area contributed by atoms with Crippen LogP contribution in [-0.2, 0) is 5.41 Å². The smallest absolute Gasteiger partial charge is 0.167 e. The Morgan fingerprint density at radius 3 is 2.29 bits per heavy atom. The molecule has 0 aliphatic rings. The third-order valence-corrected chi connectivity index (χ3v) is 3.92. The van der Waals surface area contributed by atoms with Gasteiger partial charge in [-0.25, -0.2) is 0 Å². The lowest BCUT2D eigenvalue weighted by Gasteiger charge is -2.21. The molecule has 0 aliphatic heterocycles. The van der Waals surface area contributed by atoms with Crippen molar-refractivity contribution in [3.8, 4) is 5.75 Å². The van der Waals surface area contributed by atoms with E-state index in [9.17, 15) is 4.79 Å². The minimum absolute atomic E-state index is 0.0280. The molecule has 118 valence electrons. The molecule has 0 amide bonds. The predicted octanol–water partition coefficient (Wildman–Crippen LogP) is 3.91. The van der Waals surface area contributed by atoms with Gasteiger partial charge in [-0.2, -0.15) is 0 Å². The van der Waals surface area contributed by atoms with Gasteiger partial charge in [0.1, 0.15) is 5.75 Å². The minimum atomic E-state index is 0.0280. The summed E-state index contributed by atoms with van der Waals surface area (Å²) in [5.41, 5.74) is 1.90. The molecule has 0 heterocycles.